The van der Waals surface area contributed by atoms with Crippen LogP contribution < -0.4 is 0 Å². The van der Waals surface area contributed by atoms with E-state index in [1.54, 1.807) is 17.0 Å². The Labute approximate surface area is 160 Å². The van der Waals surface area contributed by atoms with E-state index >= 15 is 0 Å². The lowest BCUT2D eigenvalue weighted by Crippen LogP contribution is -2.52. The number of fused-ring (bicyclic) bond motifs is 1. The van der Waals surface area contributed by atoms with Gasteiger partial charge in [0.1, 0.15) is 0 Å². The highest BCUT2D eigenvalue weighted by molar-refractivity contribution is 7.91. The number of rotatable bonds is 3. The van der Waals surface area contributed by atoms with E-state index in [1.807, 2.05) is 6.07 Å². The van der Waals surface area contributed by atoms with Crippen molar-refractivity contribution in [3.05, 3.63) is 29.3 Å². The molecule has 1 atom stereocenters. The van der Waals surface area contributed by atoms with Crippen molar-refractivity contribution >= 4 is 25.8 Å². The summed E-state index contributed by atoms with van der Waals surface area (Å²) in [7, 11) is -6.68. The molecule has 2 heterocycles. The van der Waals surface area contributed by atoms with Crippen LogP contribution in [0.3, 0.4) is 0 Å². The second-order valence-electron chi connectivity index (χ2n) is 7.61. The van der Waals surface area contributed by atoms with Gasteiger partial charge in [0.2, 0.25) is 15.9 Å². The number of hydrogen-bond donors (Lipinski definition) is 0. The predicted octanol–water partition coefficient (Wildman–Crippen LogP) is 0.443. The van der Waals surface area contributed by atoms with Gasteiger partial charge >= 0.3 is 0 Å². The Bertz CT molecular complexity index is 963. The van der Waals surface area contributed by atoms with Crippen LogP contribution in [0.25, 0.3) is 0 Å². The molecule has 2 fully saturated rings. The van der Waals surface area contributed by atoms with E-state index in [0.29, 0.717) is 24.4 Å². The molecule has 0 radical (unpaired) electrons. The van der Waals surface area contributed by atoms with Crippen molar-refractivity contribution in [3.63, 3.8) is 0 Å². The highest BCUT2D eigenvalue weighted by Crippen LogP contribution is 2.27. The van der Waals surface area contributed by atoms with E-state index in [-0.39, 0.29) is 30.5 Å². The second-order valence-corrected chi connectivity index (χ2v) is 11.8. The van der Waals surface area contributed by atoms with Crippen LogP contribution in [-0.4, -0.2) is 69.6 Å². The summed E-state index contributed by atoms with van der Waals surface area (Å²) in [6, 6.07) is 5.38. The standard InChI is InChI=1S/C18H24N2O5S2/c21-18(16-6-11-26(22,23)13-16)19-7-9-20(10-8-19)27(24,25)17-5-4-14-2-1-3-15(14)12-17/h4-5,12,16H,1-3,6-11,13H2/t16-/m0/s1. The normalized spacial score (nSPS) is 25.5. The molecule has 27 heavy (non-hydrogen) atoms. The van der Waals surface area contributed by atoms with Crippen LogP contribution in [0.4, 0.5) is 0 Å². The molecule has 0 saturated carbocycles. The molecular weight excluding hydrogens is 388 g/mol. The van der Waals surface area contributed by atoms with E-state index in [1.165, 1.54) is 9.87 Å². The zero-order valence-corrected chi connectivity index (χ0v) is 16.8. The Morgan fingerprint density at radius 2 is 1.74 bits per heavy atom. The van der Waals surface area contributed by atoms with Gasteiger partial charge in [-0.15, -0.1) is 0 Å². The Morgan fingerprint density at radius 1 is 1.04 bits per heavy atom. The average molecular weight is 413 g/mol. The molecule has 148 valence electrons. The lowest BCUT2D eigenvalue weighted by Gasteiger charge is -2.35. The van der Waals surface area contributed by atoms with Crippen molar-refractivity contribution in [2.24, 2.45) is 5.92 Å². The van der Waals surface area contributed by atoms with Gasteiger partial charge in [-0.05, 0) is 48.9 Å². The summed E-state index contributed by atoms with van der Waals surface area (Å²) in [6.45, 7) is 1.09. The quantitative estimate of drug-likeness (QED) is 0.719. The number of hydrogen-bond acceptors (Lipinski definition) is 5. The fourth-order valence-electron chi connectivity index (χ4n) is 4.25. The second kappa shape index (κ2) is 6.86. The van der Waals surface area contributed by atoms with Crippen molar-refractivity contribution in [1.29, 1.82) is 0 Å². The predicted molar refractivity (Wildman–Crippen MR) is 101 cm³/mol. The van der Waals surface area contributed by atoms with E-state index in [0.717, 1.165) is 24.8 Å². The monoisotopic (exact) mass is 412 g/mol. The van der Waals surface area contributed by atoms with Gasteiger partial charge in [0.25, 0.3) is 0 Å². The van der Waals surface area contributed by atoms with Gasteiger partial charge in [-0.2, -0.15) is 4.31 Å². The number of aryl methyl sites for hydroxylation is 2. The Hall–Kier alpha value is -1.45. The van der Waals surface area contributed by atoms with Gasteiger partial charge in [0, 0.05) is 26.2 Å². The first kappa shape index (κ1) is 18.9. The summed E-state index contributed by atoms with van der Waals surface area (Å²) in [5, 5.41) is 0. The van der Waals surface area contributed by atoms with Crippen LogP contribution in [0, 0.1) is 5.92 Å². The summed E-state index contributed by atoms with van der Waals surface area (Å²) in [4.78, 5) is 14.5. The molecule has 1 amide bonds. The van der Waals surface area contributed by atoms with E-state index in [2.05, 4.69) is 0 Å². The van der Waals surface area contributed by atoms with Crippen LogP contribution in [0.15, 0.2) is 23.1 Å². The Kier molecular flexibility index (Phi) is 4.80. The minimum absolute atomic E-state index is 0.0656. The fraction of sp³-hybridized carbons (Fsp3) is 0.611. The number of benzene rings is 1. The van der Waals surface area contributed by atoms with Crippen molar-refractivity contribution < 1.29 is 21.6 Å². The maximum Gasteiger partial charge on any atom is 0.243 e. The molecule has 0 N–H and O–H groups in total. The molecular formula is C18H24N2O5S2. The molecule has 1 aromatic rings. The minimum Gasteiger partial charge on any atom is -0.340 e. The third kappa shape index (κ3) is 3.64. The first-order valence-corrected chi connectivity index (χ1v) is 12.6. The van der Waals surface area contributed by atoms with Gasteiger partial charge in [0.05, 0.1) is 22.3 Å². The number of nitrogens with zero attached hydrogens (tertiary/aromatic N) is 2. The lowest BCUT2D eigenvalue weighted by molar-refractivity contribution is -0.135. The Balaban J connectivity index is 1.42. The highest BCUT2D eigenvalue weighted by atomic mass is 32.2. The first-order valence-electron chi connectivity index (χ1n) is 9.37. The lowest BCUT2D eigenvalue weighted by atomic mass is 10.1. The van der Waals surface area contributed by atoms with Crippen LogP contribution >= 0.6 is 0 Å². The minimum atomic E-state index is -3.57. The number of carbonyl (C=O) groups is 1. The maximum atomic E-state index is 12.9. The summed E-state index contributed by atoms with van der Waals surface area (Å²) >= 11 is 0. The fourth-order valence-corrected chi connectivity index (χ4v) is 7.46. The van der Waals surface area contributed by atoms with Gasteiger partial charge in [-0.25, -0.2) is 16.8 Å². The van der Waals surface area contributed by atoms with Crippen molar-refractivity contribution in [3.8, 4) is 0 Å². The highest BCUT2D eigenvalue weighted by Gasteiger charge is 2.37. The zero-order chi connectivity index (χ0) is 19.2. The summed E-state index contributed by atoms with van der Waals surface area (Å²) in [5.41, 5.74) is 2.35. The molecule has 1 aromatic carbocycles. The maximum absolute atomic E-state index is 12.9. The number of carbonyl (C=O) groups excluding carboxylic acids is 1. The summed E-state index contributed by atoms with van der Waals surface area (Å²) in [6.07, 6.45) is 3.36. The van der Waals surface area contributed by atoms with Crippen LogP contribution in [0.1, 0.15) is 24.0 Å². The largest absolute Gasteiger partial charge is 0.340 e. The molecule has 0 spiro atoms. The summed E-state index contributed by atoms with van der Waals surface area (Å²) in [5.74, 6) is -0.657. The van der Waals surface area contributed by atoms with Gasteiger partial charge in [-0.3, -0.25) is 4.79 Å². The average Bonchev–Trinajstić information content (AvgIpc) is 3.26. The zero-order valence-electron chi connectivity index (χ0n) is 15.1. The summed E-state index contributed by atoms with van der Waals surface area (Å²) < 4.78 is 50.5. The molecule has 4 rings (SSSR count). The van der Waals surface area contributed by atoms with Crippen molar-refractivity contribution in [2.75, 3.05) is 37.7 Å². The molecule has 7 nitrogen and oxygen atoms in total. The molecule has 0 aromatic heterocycles. The van der Waals surface area contributed by atoms with Gasteiger partial charge in [-0.1, -0.05) is 6.07 Å². The molecule has 0 bridgehead atoms. The third-order valence-electron chi connectivity index (χ3n) is 5.84. The SMILES string of the molecule is O=C([C@H]1CCS(=O)(=O)C1)N1CCN(S(=O)(=O)c2ccc3c(c2)CCC3)CC1. The molecule has 3 aliphatic rings. The first-order chi connectivity index (χ1) is 12.8. The molecule has 2 saturated heterocycles. The smallest absolute Gasteiger partial charge is 0.243 e. The number of sulfone groups is 1. The van der Waals surface area contributed by atoms with Crippen molar-refractivity contribution in [1.82, 2.24) is 9.21 Å². The van der Waals surface area contributed by atoms with E-state index in [4.69, 9.17) is 0 Å². The molecule has 9 heteroatoms. The number of piperazine rings is 1. The topological polar surface area (TPSA) is 91.8 Å². The van der Waals surface area contributed by atoms with Gasteiger partial charge < -0.3 is 4.90 Å². The van der Waals surface area contributed by atoms with E-state index in [9.17, 15) is 21.6 Å². The number of amides is 1. The third-order valence-corrected chi connectivity index (χ3v) is 9.50. The van der Waals surface area contributed by atoms with Gasteiger partial charge in [0.15, 0.2) is 9.84 Å². The molecule has 1 aliphatic carbocycles. The van der Waals surface area contributed by atoms with E-state index < -0.39 is 25.8 Å². The molecule has 0 unspecified atom stereocenters. The number of sulfonamides is 1. The molecule has 2 aliphatic heterocycles. The van der Waals surface area contributed by atoms with Crippen LogP contribution in [0.5, 0.6) is 0 Å². The Morgan fingerprint density at radius 3 is 2.41 bits per heavy atom. The van der Waals surface area contributed by atoms with Crippen LogP contribution in [0.2, 0.25) is 0 Å². The van der Waals surface area contributed by atoms with Crippen molar-refractivity contribution in [2.45, 2.75) is 30.6 Å². The van der Waals surface area contributed by atoms with Crippen LogP contribution in [-0.2, 0) is 37.5 Å².